The van der Waals surface area contributed by atoms with Crippen LogP contribution in [0.5, 0.6) is 0 Å². The van der Waals surface area contributed by atoms with Crippen LogP contribution in [0.4, 0.5) is 0 Å². The highest BCUT2D eigenvalue weighted by molar-refractivity contribution is 6.30. The Bertz CT molecular complexity index is 578. The molecule has 0 atom stereocenters. The molecule has 2 aromatic heterocycles. The van der Waals surface area contributed by atoms with Crippen molar-refractivity contribution in [3.63, 3.8) is 0 Å². The number of aliphatic hydroxyl groups excluding tert-OH is 1. The van der Waals surface area contributed by atoms with Crippen molar-refractivity contribution in [3.8, 4) is 0 Å². The van der Waals surface area contributed by atoms with Crippen LogP contribution in [0.15, 0.2) is 24.5 Å². The standard InChI is InChI=1S/C14H19ClN4O/c15-12-1-2-14-16-13(11-19(14)9-12)10-18-5-3-17(4-6-18)7-8-20/h1-2,9,11,20H,3-8,10H2. The summed E-state index contributed by atoms with van der Waals surface area (Å²) in [6.07, 6.45) is 3.92. The van der Waals surface area contributed by atoms with Crippen LogP contribution in [0.3, 0.4) is 0 Å². The number of nitrogens with zero attached hydrogens (tertiary/aromatic N) is 4. The maximum absolute atomic E-state index is 8.94. The topological polar surface area (TPSA) is 44.0 Å². The van der Waals surface area contributed by atoms with E-state index in [4.69, 9.17) is 16.7 Å². The van der Waals surface area contributed by atoms with Crippen LogP contribution < -0.4 is 0 Å². The van der Waals surface area contributed by atoms with E-state index < -0.39 is 0 Å². The molecule has 0 bridgehead atoms. The number of rotatable bonds is 4. The van der Waals surface area contributed by atoms with E-state index in [1.807, 2.05) is 28.9 Å². The van der Waals surface area contributed by atoms with E-state index in [0.717, 1.165) is 55.6 Å². The first-order chi connectivity index (χ1) is 9.74. The van der Waals surface area contributed by atoms with Gasteiger partial charge >= 0.3 is 0 Å². The average molecular weight is 295 g/mol. The monoisotopic (exact) mass is 294 g/mol. The second kappa shape index (κ2) is 6.10. The molecule has 1 saturated heterocycles. The van der Waals surface area contributed by atoms with Crippen molar-refractivity contribution in [2.24, 2.45) is 0 Å². The number of aromatic nitrogens is 2. The lowest BCUT2D eigenvalue weighted by atomic mass is 10.3. The van der Waals surface area contributed by atoms with Crippen LogP contribution >= 0.6 is 11.6 Å². The van der Waals surface area contributed by atoms with Gasteiger partial charge in [0.15, 0.2) is 0 Å². The van der Waals surface area contributed by atoms with Gasteiger partial charge in [0.05, 0.1) is 17.3 Å². The Balaban J connectivity index is 1.62. The third kappa shape index (κ3) is 3.12. The third-order valence-electron chi connectivity index (χ3n) is 3.73. The molecular weight excluding hydrogens is 276 g/mol. The predicted molar refractivity (Wildman–Crippen MR) is 79.0 cm³/mol. The molecule has 0 saturated carbocycles. The van der Waals surface area contributed by atoms with Gasteiger partial charge in [-0.25, -0.2) is 4.98 Å². The smallest absolute Gasteiger partial charge is 0.137 e. The number of piperazine rings is 1. The predicted octanol–water partition coefficient (Wildman–Crippen LogP) is 1.10. The van der Waals surface area contributed by atoms with Crippen molar-refractivity contribution in [3.05, 3.63) is 35.2 Å². The van der Waals surface area contributed by atoms with Gasteiger partial charge in [0.1, 0.15) is 5.65 Å². The van der Waals surface area contributed by atoms with E-state index in [-0.39, 0.29) is 6.61 Å². The zero-order chi connectivity index (χ0) is 13.9. The van der Waals surface area contributed by atoms with Gasteiger partial charge in [0.25, 0.3) is 0 Å². The van der Waals surface area contributed by atoms with Gasteiger partial charge < -0.3 is 9.51 Å². The zero-order valence-corrected chi connectivity index (χ0v) is 12.1. The summed E-state index contributed by atoms with van der Waals surface area (Å²) in [7, 11) is 0. The number of aliphatic hydroxyl groups is 1. The fourth-order valence-corrected chi connectivity index (χ4v) is 2.80. The lowest BCUT2D eigenvalue weighted by Crippen LogP contribution is -2.46. The number of fused-ring (bicyclic) bond motifs is 1. The van der Waals surface area contributed by atoms with Crippen molar-refractivity contribution < 1.29 is 5.11 Å². The van der Waals surface area contributed by atoms with Crippen LogP contribution in [0.2, 0.25) is 5.02 Å². The van der Waals surface area contributed by atoms with Crippen LogP contribution in [0, 0.1) is 0 Å². The Hall–Kier alpha value is -1.14. The first kappa shape index (κ1) is 13.8. The van der Waals surface area contributed by atoms with E-state index in [1.165, 1.54) is 0 Å². The van der Waals surface area contributed by atoms with Gasteiger partial charge in [-0.2, -0.15) is 0 Å². The van der Waals surface area contributed by atoms with E-state index in [9.17, 15) is 0 Å². The molecule has 20 heavy (non-hydrogen) atoms. The first-order valence-electron chi connectivity index (χ1n) is 6.93. The van der Waals surface area contributed by atoms with E-state index in [1.54, 1.807) is 0 Å². The van der Waals surface area contributed by atoms with Gasteiger partial charge in [-0.15, -0.1) is 0 Å². The van der Waals surface area contributed by atoms with Crippen molar-refractivity contribution in [1.29, 1.82) is 0 Å². The number of pyridine rings is 1. The summed E-state index contributed by atoms with van der Waals surface area (Å²) in [5, 5.41) is 9.67. The van der Waals surface area contributed by atoms with Gasteiger partial charge in [0, 0.05) is 51.7 Å². The van der Waals surface area contributed by atoms with Gasteiger partial charge in [0.2, 0.25) is 0 Å². The average Bonchev–Trinajstić information content (AvgIpc) is 2.82. The Morgan fingerprint density at radius 3 is 2.60 bits per heavy atom. The maximum atomic E-state index is 8.94. The van der Waals surface area contributed by atoms with E-state index in [0.29, 0.717) is 0 Å². The summed E-state index contributed by atoms with van der Waals surface area (Å²) in [6.45, 7) is 5.96. The molecule has 0 radical (unpaired) electrons. The summed E-state index contributed by atoms with van der Waals surface area (Å²) < 4.78 is 1.97. The summed E-state index contributed by atoms with van der Waals surface area (Å²) in [6, 6.07) is 3.80. The summed E-state index contributed by atoms with van der Waals surface area (Å²) in [4.78, 5) is 9.30. The van der Waals surface area contributed by atoms with Crippen LogP contribution in [-0.4, -0.2) is 63.6 Å². The number of hydrogen-bond acceptors (Lipinski definition) is 4. The third-order valence-corrected chi connectivity index (χ3v) is 3.96. The van der Waals surface area contributed by atoms with Crippen LogP contribution in [0.1, 0.15) is 5.69 Å². The lowest BCUT2D eigenvalue weighted by molar-refractivity contribution is 0.108. The highest BCUT2D eigenvalue weighted by Crippen LogP contribution is 2.13. The Labute approximate surface area is 123 Å². The van der Waals surface area contributed by atoms with Gasteiger partial charge in [-0.05, 0) is 12.1 Å². The van der Waals surface area contributed by atoms with Crippen molar-refractivity contribution in [2.45, 2.75) is 6.54 Å². The fraction of sp³-hybridized carbons (Fsp3) is 0.500. The molecule has 0 aromatic carbocycles. The minimum Gasteiger partial charge on any atom is -0.395 e. The quantitative estimate of drug-likeness (QED) is 0.917. The summed E-state index contributed by atoms with van der Waals surface area (Å²) >= 11 is 5.98. The molecular formula is C14H19ClN4O. The molecule has 2 aromatic rings. The minimum absolute atomic E-state index is 0.243. The molecule has 1 N–H and O–H groups in total. The van der Waals surface area contributed by atoms with Crippen molar-refractivity contribution >= 4 is 17.2 Å². The Morgan fingerprint density at radius 2 is 1.85 bits per heavy atom. The normalized spacial score (nSPS) is 17.9. The van der Waals surface area contributed by atoms with Gasteiger partial charge in [-0.3, -0.25) is 9.80 Å². The zero-order valence-electron chi connectivity index (χ0n) is 11.4. The molecule has 0 aliphatic carbocycles. The van der Waals surface area contributed by atoms with Gasteiger partial charge in [-0.1, -0.05) is 11.6 Å². The number of halogens is 1. The molecule has 5 nitrogen and oxygen atoms in total. The molecule has 3 heterocycles. The maximum Gasteiger partial charge on any atom is 0.137 e. The molecule has 1 aliphatic heterocycles. The van der Waals surface area contributed by atoms with Crippen molar-refractivity contribution in [2.75, 3.05) is 39.3 Å². The Kier molecular flexibility index (Phi) is 4.21. The highest BCUT2D eigenvalue weighted by atomic mass is 35.5. The molecule has 0 amide bonds. The molecule has 1 aliphatic rings. The summed E-state index contributed by atoms with van der Waals surface area (Å²) in [5.74, 6) is 0. The van der Waals surface area contributed by atoms with E-state index >= 15 is 0 Å². The number of imidazole rings is 1. The molecule has 0 unspecified atom stereocenters. The first-order valence-corrected chi connectivity index (χ1v) is 7.31. The highest BCUT2D eigenvalue weighted by Gasteiger charge is 2.17. The Morgan fingerprint density at radius 1 is 1.10 bits per heavy atom. The van der Waals surface area contributed by atoms with Crippen molar-refractivity contribution in [1.82, 2.24) is 19.2 Å². The molecule has 0 spiro atoms. The number of β-amino-alcohol motifs (C(OH)–C–C–N with tert-alkyl or cyclic N) is 1. The fourth-order valence-electron chi connectivity index (χ4n) is 2.63. The molecule has 6 heteroatoms. The molecule has 108 valence electrons. The molecule has 3 rings (SSSR count). The second-order valence-electron chi connectivity index (χ2n) is 5.19. The largest absolute Gasteiger partial charge is 0.395 e. The van der Waals surface area contributed by atoms with E-state index in [2.05, 4.69) is 14.8 Å². The molecule has 1 fully saturated rings. The second-order valence-corrected chi connectivity index (χ2v) is 5.62. The minimum atomic E-state index is 0.243. The van der Waals surface area contributed by atoms with Crippen LogP contribution in [-0.2, 0) is 6.54 Å². The number of hydrogen-bond donors (Lipinski definition) is 1. The van der Waals surface area contributed by atoms with Crippen LogP contribution in [0.25, 0.3) is 5.65 Å². The lowest BCUT2D eigenvalue weighted by Gasteiger charge is -2.33. The summed E-state index contributed by atoms with van der Waals surface area (Å²) in [5.41, 5.74) is 2.01. The SMILES string of the molecule is OCCN1CCN(Cc2cn3cc(Cl)ccc3n2)CC1.